The summed E-state index contributed by atoms with van der Waals surface area (Å²) in [6.07, 6.45) is 1.94. The Balaban J connectivity index is 1.98. The summed E-state index contributed by atoms with van der Waals surface area (Å²) in [5, 5.41) is 3.13. The molecule has 1 aromatic heterocycles. The predicted octanol–water partition coefficient (Wildman–Crippen LogP) is 2.76. The van der Waals surface area contributed by atoms with E-state index in [1.54, 1.807) is 11.3 Å². The summed E-state index contributed by atoms with van der Waals surface area (Å²) in [6, 6.07) is -0.108. The lowest BCUT2D eigenvalue weighted by Crippen LogP contribution is -2.40. The maximum atomic E-state index is 12.2. The van der Waals surface area contributed by atoms with Crippen molar-refractivity contribution in [3.05, 3.63) is 16.1 Å². The van der Waals surface area contributed by atoms with E-state index in [0.29, 0.717) is 0 Å². The summed E-state index contributed by atoms with van der Waals surface area (Å²) in [7, 11) is 0. The van der Waals surface area contributed by atoms with Crippen LogP contribution in [-0.2, 0) is 16.1 Å². The zero-order valence-corrected chi connectivity index (χ0v) is 12.9. The van der Waals surface area contributed by atoms with Crippen molar-refractivity contribution in [3.63, 3.8) is 0 Å². The summed E-state index contributed by atoms with van der Waals surface area (Å²) in [6.45, 7) is 9.43. The van der Waals surface area contributed by atoms with E-state index in [9.17, 15) is 4.79 Å². The van der Waals surface area contributed by atoms with Crippen LogP contribution in [0.1, 0.15) is 44.3 Å². The number of hydrogen-bond donors (Lipinski definition) is 0. The molecule has 0 spiro atoms. The second-order valence-electron chi connectivity index (χ2n) is 6.04. The smallest absolute Gasteiger partial charge is 0.323 e. The number of carbonyl (C=O) groups excluding carboxylic acids is 1. The highest BCUT2D eigenvalue weighted by atomic mass is 32.1. The van der Waals surface area contributed by atoms with Gasteiger partial charge in [-0.1, -0.05) is 0 Å². The zero-order valence-electron chi connectivity index (χ0n) is 12.1. The summed E-state index contributed by atoms with van der Waals surface area (Å²) >= 11 is 1.66. The fourth-order valence-electron chi connectivity index (χ4n) is 2.30. The Morgan fingerprint density at radius 3 is 2.89 bits per heavy atom. The first kappa shape index (κ1) is 14.5. The molecule has 19 heavy (non-hydrogen) atoms. The number of rotatable bonds is 3. The summed E-state index contributed by atoms with van der Waals surface area (Å²) < 4.78 is 5.50. The van der Waals surface area contributed by atoms with Crippen LogP contribution in [0.25, 0.3) is 0 Å². The molecule has 0 aromatic carbocycles. The van der Waals surface area contributed by atoms with Gasteiger partial charge in [0, 0.05) is 11.1 Å². The SMILES string of the molecule is Cc1csc(CN2CCC[C@@H]2C(=O)OC(C)(C)C)n1. The predicted molar refractivity (Wildman–Crippen MR) is 76.1 cm³/mol. The van der Waals surface area contributed by atoms with E-state index < -0.39 is 5.60 Å². The van der Waals surface area contributed by atoms with E-state index >= 15 is 0 Å². The molecule has 4 nitrogen and oxygen atoms in total. The number of aromatic nitrogens is 1. The van der Waals surface area contributed by atoms with Gasteiger partial charge in [0.15, 0.2) is 0 Å². The Morgan fingerprint density at radius 2 is 2.32 bits per heavy atom. The van der Waals surface area contributed by atoms with Crippen LogP contribution in [0.3, 0.4) is 0 Å². The number of hydrogen-bond acceptors (Lipinski definition) is 5. The average molecular weight is 282 g/mol. The molecule has 5 heteroatoms. The minimum Gasteiger partial charge on any atom is -0.459 e. The molecular formula is C14H22N2O2S. The largest absolute Gasteiger partial charge is 0.459 e. The normalized spacial score (nSPS) is 20.7. The van der Waals surface area contributed by atoms with Crippen LogP contribution in [0, 0.1) is 6.92 Å². The van der Waals surface area contributed by atoms with E-state index in [-0.39, 0.29) is 12.0 Å². The number of thiazole rings is 1. The van der Waals surface area contributed by atoms with E-state index in [4.69, 9.17) is 4.74 Å². The van der Waals surface area contributed by atoms with Crippen LogP contribution in [0.2, 0.25) is 0 Å². The highest BCUT2D eigenvalue weighted by molar-refractivity contribution is 7.09. The molecule has 1 atom stereocenters. The molecule has 1 aliphatic rings. The van der Waals surface area contributed by atoms with Crippen molar-refractivity contribution in [2.24, 2.45) is 0 Å². The van der Waals surface area contributed by atoms with E-state index in [1.165, 1.54) is 0 Å². The Morgan fingerprint density at radius 1 is 1.58 bits per heavy atom. The van der Waals surface area contributed by atoms with Gasteiger partial charge < -0.3 is 4.74 Å². The maximum Gasteiger partial charge on any atom is 0.323 e. The molecule has 106 valence electrons. The molecule has 1 aromatic rings. The van der Waals surface area contributed by atoms with Gasteiger partial charge >= 0.3 is 5.97 Å². The van der Waals surface area contributed by atoms with Crippen molar-refractivity contribution in [2.45, 2.75) is 58.7 Å². The topological polar surface area (TPSA) is 42.4 Å². The standard InChI is InChI=1S/C14H22N2O2S/c1-10-9-19-12(15-10)8-16-7-5-6-11(16)13(17)18-14(2,3)4/h9,11H,5-8H2,1-4H3/t11-/m1/s1. The van der Waals surface area contributed by atoms with Crippen LogP contribution in [0.15, 0.2) is 5.38 Å². The highest BCUT2D eigenvalue weighted by Crippen LogP contribution is 2.24. The number of nitrogens with zero attached hydrogens (tertiary/aromatic N) is 2. The molecule has 0 N–H and O–H groups in total. The van der Waals surface area contributed by atoms with Gasteiger partial charge in [0.2, 0.25) is 0 Å². The van der Waals surface area contributed by atoms with E-state index in [0.717, 1.165) is 36.6 Å². The number of esters is 1. The van der Waals surface area contributed by atoms with Gasteiger partial charge in [0.25, 0.3) is 0 Å². The summed E-state index contributed by atoms with van der Waals surface area (Å²) in [5.74, 6) is -0.0988. The number of ether oxygens (including phenoxy) is 1. The van der Waals surface area contributed by atoms with Crippen molar-refractivity contribution in [1.82, 2.24) is 9.88 Å². The Labute approximate surface area is 118 Å². The van der Waals surface area contributed by atoms with Crippen LogP contribution in [0.4, 0.5) is 0 Å². The maximum absolute atomic E-state index is 12.2. The van der Waals surface area contributed by atoms with Crippen LogP contribution >= 0.6 is 11.3 Å². The fraction of sp³-hybridized carbons (Fsp3) is 0.714. The lowest BCUT2D eigenvalue weighted by molar-refractivity contribution is -0.160. The third-order valence-corrected chi connectivity index (χ3v) is 4.00. The molecule has 0 bridgehead atoms. The van der Waals surface area contributed by atoms with E-state index in [1.807, 2.05) is 33.1 Å². The van der Waals surface area contributed by atoms with Crippen molar-refractivity contribution >= 4 is 17.3 Å². The molecule has 0 amide bonds. The van der Waals surface area contributed by atoms with Crippen LogP contribution in [-0.4, -0.2) is 34.0 Å². The molecule has 0 saturated carbocycles. The molecule has 0 aliphatic carbocycles. The lowest BCUT2D eigenvalue weighted by atomic mass is 10.1. The first-order valence-electron chi connectivity index (χ1n) is 6.73. The van der Waals surface area contributed by atoms with Gasteiger partial charge in [0.1, 0.15) is 16.7 Å². The quantitative estimate of drug-likeness (QED) is 0.800. The summed E-state index contributed by atoms with van der Waals surface area (Å²) in [5.41, 5.74) is 0.636. The van der Waals surface area contributed by atoms with E-state index in [2.05, 4.69) is 9.88 Å². The average Bonchev–Trinajstić information content (AvgIpc) is 2.86. The second-order valence-corrected chi connectivity index (χ2v) is 6.99. The molecule has 1 aliphatic heterocycles. The third kappa shape index (κ3) is 4.01. The van der Waals surface area contributed by atoms with Gasteiger partial charge in [-0.3, -0.25) is 9.69 Å². The molecule has 2 rings (SSSR count). The Kier molecular flexibility index (Phi) is 4.26. The van der Waals surface area contributed by atoms with Gasteiger partial charge in [0.05, 0.1) is 6.54 Å². The summed E-state index contributed by atoms with van der Waals surface area (Å²) in [4.78, 5) is 18.8. The van der Waals surface area contributed by atoms with Crippen molar-refractivity contribution < 1.29 is 9.53 Å². The molecule has 1 saturated heterocycles. The van der Waals surface area contributed by atoms with Crippen LogP contribution in [0.5, 0.6) is 0 Å². The number of aryl methyl sites for hydroxylation is 1. The number of carbonyl (C=O) groups is 1. The molecule has 0 radical (unpaired) electrons. The fourth-order valence-corrected chi connectivity index (χ4v) is 3.10. The minimum atomic E-state index is -0.414. The zero-order chi connectivity index (χ0) is 14.0. The first-order chi connectivity index (χ1) is 8.85. The second kappa shape index (κ2) is 5.59. The van der Waals surface area contributed by atoms with Gasteiger partial charge in [-0.2, -0.15) is 0 Å². The molecule has 1 fully saturated rings. The molecular weight excluding hydrogens is 260 g/mol. The van der Waals surface area contributed by atoms with Crippen LogP contribution < -0.4 is 0 Å². The molecule has 2 heterocycles. The Hall–Kier alpha value is -0.940. The number of likely N-dealkylation sites (tertiary alicyclic amines) is 1. The molecule has 0 unspecified atom stereocenters. The van der Waals surface area contributed by atoms with Gasteiger partial charge in [-0.15, -0.1) is 11.3 Å². The van der Waals surface area contributed by atoms with Gasteiger partial charge in [-0.05, 0) is 47.1 Å². The minimum absolute atomic E-state index is 0.0988. The first-order valence-corrected chi connectivity index (χ1v) is 7.61. The Bertz CT molecular complexity index is 451. The van der Waals surface area contributed by atoms with Crippen molar-refractivity contribution in [1.29, 1.82) is 0 Å². The lowest BCUT2D eigenvalue weighted by Gasteiger charge is -2.26. The van der Waals surface area contributed by atoms with Crippen molar-refractivity contribution in [2.75, 3.05) is 6.54 Å². The van der Waals surface area contributed by atoms with Crippen molar-refractivity contribution in [3.8, 4) is 0 Å². The van der Waals surface area contributed by atoms with Gasteiger partial charge in [-0.25, -0.2) is 4.98 Å². The monoisotopic (exact) mass is 282 g/mol. The highest BCUT2D eigenvalue weighted by Gasteiger charge is 2.34. The third-order valence-electron chi connectivity index (χ3n) is 3.05.